The van der Waals surface area contributed by atoms with Gasteiger partial charge in [0.05, 0.1) is 11.4 Å². The standard InChI is InChI=1S/C19H13N3O3S/c23-14-8-4-7-13(9-14)16-11-26-19(20-16)22-17(18(24)25)10-15(21-22)12-5-2-1-3-6-12/h1-11,23H,(H,24,25). The maximum atomic E-state index is 11.6. The number of carboxylic acid groups (broad SMARTS) is 1. The molecule has 4 aromatic rings. The third-order valence-corrected chi connectivity index (χ3v) is 4.63. The second-order valence-corrected chi connectivity index (χ2v) is 6.40. The number of rotatable bonds is 4. The lowest BCUT2D eigenvalue weighted by atomic mass is 10.1. The zero-order valence-corrected chi connectivity index (χ0v) is 14.2. The highest BCUT2D eigenvalue weighted by Crippen LogP contribution is 2.28. The van der Waals surface area contributed by atoms with Gasteiger partial charge in [-0.3, -0.25) is 0 Å². The van der Waals surface area contributed by atoms with Crippen LogP contribution < -0.4 is 0 Å². The van der Waals surface area contributed by atoms with E-state index >= 15 is 0 Å². The molecule has 2 N–H and O–H groups in total. The Bertz CT molecular complexity index is 1090. The Labute approximate surface area is 152 Å². The minimum atomic E-state index is -1.08. The van der Waals surface area contributed by atoms with Gasteiger partial charge >= 0.3 is 5.97 Å². The molecule has 0 atom stereocenters. The highest BCUT2D eigenvalue weighted by Gasteiger charge is 2.19. The molecule has 0 radical (unpaired) electrons. The Balaban J connectivity index is 1.78. The van der Waals surface area contributed by atoms with E-state index in [0.717, 1.165) is 11.1 Å². The van der Waals surface area contributed by atoms with Gasteiger partial charge in [0.1, 0.15) is 5.75 Å². The molecule has 0 fully saturated rings. The molecule has 0 unspecified atom stereocenters. The molecule has 2 aromatic heterocycles. The molecule has 0 saturated heterocycles. The number of benzene rings is 2. The van der Waals surface area contributed by atoms with Gasteiger partial charge < -0.3 is 10.2 Å². The van der Waals surface area contributed by atoms with Crippen LogP contribution in [0.1, 0.15) is 10.5 Å². The zero-order valence-electron chi connectivity index (χ0n) is 13.4. The summed E-state index contributed by atoms with van der Waals surface area (Å²) < 4.78 is 1.33. The number of phenols is 1. The van der Waals surface area contributed by atoms with E-state index in [1.54, 1.807) is 23.6 Å². The Kier molecular flexibility index (Phi) is 3.98. The Morgan fingerprint density at radius 1 is 0.962 bits per heavy atom. The van der Waals surface area contributed by atoms with Crippen molar-refractivity contribution in [2.24, 2.45) is 0 Å². The van der Waals surface area contributed by atoms with Crippen LogP contribution in [0.15, 0.2) is 66.0 Å². The lowest BCUT2D eigenvalue weighted by Crippen LogP contribution is -2.07. The van der Waals surface area contributed by atoms with Gasteiger partial charge in [0.25, 0.3) is 0 Å². The molecule has 4 rings (SSSR count). The smallest absolute Gasteiger partial charge is 0.354 e. The number of aromatic nitrogens is 3. The summed E-state index contributed by atoms with van der Waals surface area (Å²) in [6, 6.07) is 17.7. The van der Waals surface area contributed by atoms with Crippen LogP contribution in [0.3, 0.4) is 0 Å². The van der Waals surface area contributed by atoms with E-state index in [2.05, 4.69) is 10.1 Å². The fraction of sp³-hybridized carbons (Fsp3) is 0. The quantitative estimate of drug-likeness (QED) is 0.571. The number of nitrogens with zero attached hydrogens (tertiary/aromatic N) is 3. The zero-order chi connectivity index (χ0) is 18.1. The van der Waals surface area contributed by atoms with Crippen LogP contribution in [0.25, 0.3) is 27.6 Å². The summed E-state index contributed by atoms with van der Waals surface area (Å²) in [5.41, 5.74) is 2.84. The van der Waals surface area contributed by atoms with Crippen LogP contribution in [-0.2, 0) is 0 Å². The van der Waals surface area contributed by atoms with Crippen LogP contribution in [0.4, 0.5) is 0 Å². The van der Waals surface area contributed by atoms with Crippen molar-refractivity contribution < 1.29 is 15.0 Å². The molecule has 0 amide bonds. The minimum Gasteiger partial charge on any atom is -0.508 e. The van der Waals surface area contributed by atoms with Gasteiger partial charge in [0.15, 0.2) is 5.69 Å². The van der Waals surface area contributed by atoms with E-state index in [1.165, 1.54) is 22.1 Å². The molecular weight excluding hydrogens is 350 g/mol. The van der Waals surface area contributed by atoms with Crippen molar-refractivity contribution in [2.45, 2.75) is 0 Å². The van der Waals surface area contributed by atoms with Gasteiger partial charge in [-0.05, 0) is 18.2 Å². The number of phenolic OH excluding ortho intramolecular Hbond substituents is 1. The molecule has 0 aliphatic heterocycles. The molecule has 0 aliphatic rings. The van der Waals surface area contributed by atoms with E-state index < -0.39 is 5.97 Å². The average molecular weight is 363 g/mol. The fourth-order valence-electron chi connectivity index (χ4n) is 2.59. The van der Waals surface area contributed by atoms with Crippen LogP contribution in [-0.4, -0.2) is 30.9 Å². The molecule has 128 valence electrons. The first-order valence-corrected chi connectivity index (χ1v) is 8.64. The van der Waals surface area contributed by atoms with Crippen molar-refractivity contribution in [3.05, 3.63) is 71.7 Å². The fourth-order valence-corrected chi connectivity index (χ4v) is 3.38. The molecule has 26 heavy (non-hydrogen) atoms. The number of carboxylic acids is 1. The van der Waals surface area contributed by atoms with Gasteiger partial charge in [0.2, 0.25) is 5.13 Å². The Morgan fingerprint density at radius 2 is 1.73 bits per heavy atom. The van der Waals surface area contributed by atoms with Crippen molar-refractivity contribution in [3.8, 4) is 33.4 Å². The van der Waals surface area contributed by atoms with Crippen molar-refractivity contribution >= 4 is 17.3 Å². The summed E-state index contributed by atoms with van der Waals surface area (Å²) in [4.78, 5) is 16.1. The lowest BCUT2D eigenvalue weighted by molar-refractivity contribution is 0.0687. The summed E-state index contributed by atoms with van der Waals surface area (Å²) >= 11 is 1.29. The molecule has 0 aliphatic carbocycles. The summed E-state index contributed by atoms with van der Waals surface area (Å²) in [6.45, 7) is 0. The van der Waals surface area contributed by atoms with Gasteiger partial charge in [-0.25, -0.2) is 9.78 Å². The highest BCUT2D eigenvalue weighted by atomic mass is 32.1. The topological polar surface area (TPSA) is 88.2 Å². The highest BCUT2D eigenvalue weighted by molar-refractivity contribution is 7.12. The van der Waals surface area contributed by atoms with Crippen molar-refractivity contribution in [1.82, 2.24) is 14.8 Å². The summed E-state index contributed by atoms with van der Waals surface area (Å²) in [5.74, 6) is -0.928. The number of aromatic carboxylic acids is 1. The first kappa shape index (κ1) is 16.0. The van der Waals surface area contributed by atoms with E-state index in [-0.39, 0.29) is 11.4 Å². The van der Waals surface area contributed by atoms with Gasteiger partial charge in [-0.15, -0.1) is 11.3 Å². The number of hydrogen-bond donors (Lipinski definition) is 2. The number of carbonyl (C=O) groups is 1. The van der Waals surface area contributed by atoms with Crippen LogP contribution in [0, 0.1) is 0 Å². The minimum absolute atomic E-state index is 0.0423. The molecule has 2 aromatic carbocycles. The van der Waals surface area contributed by atoms with Crippen molar-refractivity contribution in [3.63, 3.8) is 0 Å². The molecular formula is C19H13N3O3S. The normalized spacial score (nSPS) is 10.8. The number of hydrogen-bond acceptors (Lipinski definition) is 5. The predicted octanol–water partition coefficient (Wildman–Crippen LogP) is 4.07. The van der Waals surface area contributed by atoms with E-state index in [9.17, 15) is 15.0 Å². The number of aromatic hydroxyl groups is 1. The van der Waals surface area contributed by atoms with Gasteiger partial charge in [0, 0.05) is 16.5 Å². The largest absolute Gasteiger partial charge is 0.508 e. The average Bonchev–Trinajstić information content (AvgIpc) is 3.30. The SMILES string of the molecule is O=C(O)c1cc(-c2ccccc2)nn1-c1nc(-c2cccc(O)c2)cs1. The first-order valence-electron chi connectivity index (χ1n) is 7.76. The van der Waals surface area contributed by atoms with Crippen LogP contribution >= 0.6 is 11.3 Å². The maximum Gasteiger partial charge on any atom is 0.354 e. The Morgan fingerprint density at radius 3 is 2.46 bits per heavy atom. The van der Waals surface area contributed by atoms with Crippen LogP contribution in [0.5, 0.6) is 5.75 Å². The molecule has 6 nitrogen and oxygen atoms in total. The monoisotopic (exact) mass is 363 g/mol. The van der Waals surface area contributed by atoms with E-state index in [0.29, 0.717) is 16.5 Å². The molecule has 0 saturated carbocycles. The van der Waals surface area contributed by atoms with Gasteiger partial charge in [-0.2, -0.15) is 9.78 Å². The number of thiazole rings is 1. The van der Waals surface area contributed by atoms with Crippen molar-refractivity contribution in [2.75, 3.05) is 0 Å². The molecule has 2 heterocycles. The Hall–Kier alpha value is -3.45. The third-order valence-electron chi connectivity index (χ3n) is 3.81. The summed E-state index contributed by atoms with van der Waals surface area (Å²) in [7, 11) is 0. The maximum absolute atomic E-state index is 11.6. The summed E-state index contributed by atoms with van der Waals surface area (Å²) in [5, 5.41) is 25.8. The van der Waals surface area contributed by atoms with E-state index in [4.69, 9.17) is 0 Å². The van der Waals surface area contributed by atoms with Crippen LogP contribution in [0.2, 0.25) is 0 Å². The molecule has 0 bridgehead atoms. The molecule has 7 heteroatoms. The summed E-state index contributed by atoms with van der Waals surface area (Å²) in [6.07, 6.45) is 0. The van der Waals surface area contributed by atoms with E-state index in [1.807, 2.05) is 36.4 Å². The first-order chi connectivity index (χ1) is 12.6. The second-order valence-electron chi connectivity index (χ2n) is 5.56. The van der Waals surface area contributed by atoms with Crippen molar-refractivity contribution in [1.29, 1.82) is 0 Å². The molecule has 0 spiro atoms. The third kappa shape index (κ3) is 2.96. The van der Waals surface area contributed by atoms with Gasteiger partial charge in [-0.1, -0.05) is 42.5 Å². The predicted molar refractivity (Wildman–Crippen MR) is 98.7 cm³/mol. The second kappa shape index (κ2) is 6.45. The lowest BCUT2D eigenvalue weighted by Gasteiger charge is -2.00.